The van der Waals surface area contributed by atoms with Crippen LogP contribution in [0.2, 0.25) is 0 Å². The van der Waals surface area contributed by atoms with Gasteiger partial charge in [-0.2, -0.15) is 0 Å². The van der Waals surface area contributed by atoms with Gasteiger partial charge in [0.05, 0.1) is 6.10 Å². The monoisotopic (exact) mass is 134 g/mol. The SMILES string of the molecule is CC(O)CONC(N)=O. The summed E-state index contributed by atoms with van der Waals surface area (Å²) in [7, 11) is 0. The van der Waals surface area contributed by atoms with Crippen LogP contribution in [-0.2, 0) is 4.84 Å². The molecule has 0 saturated carbocycles. The molecule has 0 fully saturated rings. The molecule has 0 aromatic carbocycles. The van der Waals surface area contributed by atoms with Crippen molar-refractivity contribution < 1.29 is 14.7 Å². The molecule has 0 aromatic rings. The lowest BCUT2D eigenvalue weighted by Crippen LogP contribution is -2.31. The highest BCUT2D eigenvalue weighted by Gasteiger charge is 1.95. The van der Waals surface area contributed by atoms with Gasteiger partial charge in [0.25, 0.3) is 0 Å². The number of rotatable bonds is 3. The Hall–Kier alpha value is -0.810. The first-order valence-corrected chi connectivity index (χ1v) is 2.48. The van der Waals surface area contributed by atoms with Crippen molar-refractivity contribution in [2.24, 2.45) is 5.73 Å². The second kappa shape index (κ2) is 4.11. The molecule has 0 aromatic heterocycles. The van der Waals surface area contributed by atoms with Crippen LogP contribution in [0.15, 0.2) is 0 Å². The van der Waals surface area contributed by atoms with Gasteiger partial charge < -0.3 is 10.8 Å². The van der Waals surface area contributed by atoms with Gasteiger partial charge in [-0.3, -0.25) is 4.84 Å². The molecule has 0 aliphatic rings. The van der Waals surface area contributed by atoms with Crippen LogP contribution in [0.1, 0.15) is 6.92 Å². The lowest BCUT2D eigenvalue weighted by molar-refractivity contribution is 0.00572. The van der Waals surface area contributed by atoms with Crippen molar-refractivity contribution >= 4 is 6.03 Å². The number of hydrogen-bond donors (Lipinski definition) is 3. The van der Waals surface area contributed by atoms with Crippen LogP contribution < -0.4 is 11.2 Å². The predicted molar refractivity (Wildman–Crippen MR) is 30.4 cm³/mol. The third-order valence-electron chi connectivity index (χ3n) is 0.497. The number of aliphatic hydroxyl groups is 1. The van der Waals surface area contributed by atoms with E-state index >= 15 is 0 Å². The van der Waals surface area contributed by atoms with Crippen molar-refractivity contribution in [3.05, 3.63) is 0 Å². The highest BCUT2D eigenvalue weighted by molar-refractivity contribution is 5.70. The number of amides is 2. The van der Waals surface area contributed by atoms with Crippen LogP contribution in [0.5, 0.6) is 0 Å². The summed E-state index contributed by atoms with van der Waals surface area (Å²) in [6.45, 7) is 1.58. The number of aliphatic hydroxyl groups excluding tert-OH is 1. The van der Waals surface area contributed by atoms with Crippen LogP contribution in [0, 0.1) is 0 Å². The number of hydrogen-bond acceptors (Lipinski definition) is 3. The zero-order valence-electron chi connectivity index (χ0n) is 5.13. The molecule has 1 unspecified atom stereocenters. The minimum Gasteiger partial charge on any atom is -0.391 e. The van der Waals surface area contributed by atoms with Gasteiger partial charge in [-0.1, -0.05) is 0 Å². The van der Waals surface area contributed by atoms with E-state index in [2.05, 4.69) is 10.6 Å². The van der Waals surface area contributed by atoms with Crippen LogP contribution in [0.3, 0.4) is 0 Å². The van der Waals surface area contributed by atoms with Crippen molar-refractivity contribution in [1.29, 1.82) is 0 Å². The van der Waals surface area contributed by atoms with Crippen molar-refractivity contribution in [3.8, 4) is 0 Å². The molecular formula is C4H10N2O3. The fraction of sp³-hybridized carbons (Fsp3) is 0.750. The number of nitrogens with two attached hydrogens (primary N) is 1. The van der Waals surface area contributed by atoms with Gasteiger partial charge in [-0.05, 0) is 6.92 Å². The number of hydroxylamine groups is 1. The second-order valence-corrected chi connectivity index (χ2v) is 1.63. The molecule has 0 saturated heterocycles. The minimum absolute atomic E-state index is 0.0446. The van der Waals surface area contributed by atoms with Gasteiger partial charge in [0.1, 0.15) is 6.61 Å². The number of primary amides is 1. The average molecular weight is 134 g/mol. The average Bonchev–Trinajstić information content (AvgIpc) is 1.63. The molecule has 4 N–H and O–H groups in total. The van der Waals surface area contributed by atoms with Gasteiger partial charge >= 0.3 is 6.03 Å². The molecule has 1 atom stereocenters. The third-order valence-corrected chi connectivity index (χ3v) is 0.497. The Bertz CT molecular complexity index is 93.8. The van der Waals surface area contributed by atoms with E-state index in [1.54, 1.807) is 0 Å². The van der Waals surface area contributed by atoms with Crippen molar-refractivity contribution in [1.82, 2.24) is 5.48 Å². The van der Waals surface area contributed by atoms with Gasteiger partial charge in [-0.25, -0.2) is 10.3 Å². The number of urea groups is 1. The van der Waals surface area contributed by atoms with Gasteiger partial charge in [0.2, 0.25) is 0 Å². The highest BCUT2D eigenvalue weighted by Crippen LogP contribution is 1.77. The Kier molecular flexibility index (Phi) is 3.74. The summed E-state index contributed by atoms with van der Waals surface area (Å²) in [6, 6.07) is -0.768. The summed E-state index contributed by atoms with van der Waals surface area (Å²) in [5.74, 6) is 0. The maximum absolute atomic E-state index is 9.89. The number of carbonyl (C=O) groups excluding carboxylic acids is 1. The fourth-order valence-corrected chi connectivity index (χ4v) is 0.233. The zero-order valence-corrected chi connectivity index (χ0v) is 5.13. The van der Waals surface area contributed by atoms with Gasteiger partial charge in [0, 0.05) is 0 Å². The Morgan fingerprint density at radius 1 is 2.00 bits per heavy atom. The summed E-state index contributed by atoms with van der Waals surface area (Å²) < 4.78 is 0. The molecule has 0 rings (SSSR count). The molecule has 0 aliphatic carbocycles. The first-order valence-electron chi connectivity index (χ1n) is 2.48. The Balaban J connectivity index is 3.01. The topological polar surface area (TPSA) is 84.6 Å². The Morgan fingerprint density at radius 3 is 2.89 bits per heavy atom. The lowest BCUT2D eigenvalue weighted by atomic mass is 10.5. The summed E-state index contributed by atoms with van der Waals surface area (Å²) in [4.78, 5) is 14.3. The molecular weight excluding hydrogens is 124 g/mol. The molecule has 0 bridgehead atoms. The molecule has 5 nitrogen and oxygen atoms in total. The number of carbonyl (C=O) groups is 1. The van der Waals surface area contributed by atoms with E-state index in [1.807, 2.05) is 5.48 Å². The second-order valence-electron chi connectivity index (χ2n) is 1.63. The molecule has 0 radical (unpaired) electrons. The normalized spacial score (nSPS) is 12.7. The van der Waals surface area contributed by atoms with Crippen molar-refractivity contribution in [3.63, 3.8) is 0 Å². The maximum atomic E-state index is 9.89. The van der Waals surface area contributed by atoms with Crippen LogP contribution >= 0.6 is 0 Å². The fourth-order valence-electron chi connectivity index (χ4n) is 0.233. The smallest absolute Gasteiger partial charge is 0.336 e. The summed E-state index contributed by atoms with van der Waals surface area (Å²) in [5, 5.41) is 8.55. The maximum Gasteiger partial charge on any atom is 0.336 e. The number of nitrogens with one attached hydrogen (secondary N) is 1. The summed E-state index contributed by atoms with van der Waals surface area (Å²) >= 11 is 0. The third kappa shape index (κ3) is 7.19. The molecule has 2 amide bonds. The highest BCUT2D eigenvalue weighted by atomic mass is 16.7. The van der Waals surface area contributed by atoms with Crippen LogP contribution in [-0.4, -0.2) is 23.8 Å². The van der Waals surface area contributed by atoms with Crippen LogP contribution in [0.25, 0.3) is 0 Å². The Labute approximate surface area is 52.7 Å². The standard InChI is InChI=1S/C4H10N2O3/c1-3(7)2-9-6-4(5)8/h3,7H,2H2,1H3,(H3,5,6,8). The van der Waals surface area contributed by atoms with E-state index in [0.717, 1.165) is 0 Å². The molecule has 54 valence electrons. The minimum atomic E-state index is -0.768. The van der Waals surface area contributed by atoms with E-state index < -0.39 is 12.1 Å². The quantitative estimate of drug-likeness (QED) is 0.431. The van der Waals surface area contributed by atoms with Crippen molar-refractivity contribution in [2.45, 2.75) is 13.0 Å². The molecule has 0 spiro atoms. The molecule has 0 heterocycles. The molecule has 0 aliphatic heterocycles. The van der Waals surface area contributed by atoms with E-state index in [0.29, 0.717) is 0 Å². The van der Waals surface area contributed by atoms with E-state index in [4.69, 9.17) is 5.11 Å². The summed E-state index contributed by atoms with van der Waals surface area (Å²) in [6.07, 6.45) is -0.600. The zero-order chi connectivity index (χ0) is 7.28. The van der Waals surface area contributed by atoms with Gasteiger partial charge in [0.15, 0.2) is 0 Å². The van der Waals surface area contributed by atoms with Gasteiger partial charge in [-0.15, -0.1) is 0 Å². The van der Waals surface area contributed by atoms with E-state index in [1.165, 1.54) is 6.92 Å². The first-order chi connectivity index (χ1) is 4.13. The molecule has 9 heavy (non-hydrogen) atoms. The lowest BCUT2D eigenvalue weighted by Gasteiger charge is -2.03. The van der Waals surface area contributed by atoms with Crippen molar-refractivity contribution in [2.75, 3.05) is 6.61 Å². The Morgan fingerprint density at radius 2 is 2.56 bits per heavy atom. The first kappa shape index (κ1) is 8.19. The predicted octanol–water partition coefficient (Wildman–Crippen LogP) is -1.03. The van der Waals surface area contributed by atoms with Crippen LogP contribution in [0.4, 0.5) is 4.79 Å². The largest absolute Gasteiger partial charge is 0.391 e. The van der Waals surface area contributed by atoms with E-state index in [-0.39, 0.29) is 6.61 Å². The summed E-state index contributed by atoms with van der Waals surface area (Å²) in [5.41, 5.74) is 6.48. The molecule has 5 heteroatoms. The van der Waals surface area contributed by atoms with E-state index in [9.17, 15) is 4.79 Å².